The molecule has 0 saturated carbocycles. The van der Waals surface area contributed by atoms with Gasteiger partial charge in [0, 0.05) is 31.5 Å². The number of pyridine rings is 2. The van der Waals surface area contributed by atoms with Crippen LogP contribution in [0, 0.1) is 0 Å². The molecule has 3 heterocycles. The van der Waals surface area contributed by atoms with Gasteiger partial charge in [-0.25, -0.2) is 4.98 Å². The van der Waals surface area contributed by atoms with Gasteiger partial charge in [0.15, 0.2) is 5.15 Å². The molecule has 1 aliphatic rings. The Kier molecular flexibility index (Phi) is 2.07. The topological polar surface area (TPSA) is 29.0 Å². The van der Waals surface area contributed by atoms with Crippen molar-refractivity contribution in [2.24, 2.45) is 0 Å². The monoisotopic (exact) mass is 231 g/mol. The van der Waals surface area contributed by atoms with Crippen molar-refractivity contribution in [1.82, 2.24) is 9.97 Å². The fraction of sp³-hybridized carbons (Fsp3) is 0.167. The Morgan fingerprint density at radius 3 is 3.00 bits per heavy atom. The lowest BCUT2D eigenvalue weighted by atomic mass is 10.0. The molecule has 0 saturated heterocycles. The van der Waals surface area contributed by atoms with Crippen LogP contribution in [-0.2, 0) is 6.54 Å². The predicted octanol–water partition coefficient (Wildman–Crippen LogP) is 2.75. The van der Waals surface area contributed by atoms with Crippen LogP contribution in [-0.4, -0.2) is 17.0 Å². The number of halogens is 1. The van der Waals surface area contributed by atoms with E-state index in [0.29, 0.717) is 5.15 Å². The third-order valence-corrected chi connectivity index (χ3v) is 3.09. The van der Waals surface area contributed by atoms with Crippen molar-refractivity contribution < 1.29 is 0 Å². The number of hydrogen-bond donors (Lipinski definition) is 0. The highest BCUT2D eigenvalue weighted by Gasteiger charge is 2.22. The van der Waals surface area contributed by atoms with Crippen LogP contribution in [0.1, 0.15) is 5.56 Å². The average molecular weight is 232 g/mol. The first kappa shape index (κ1) is 9.60. The van der Waals surface area contributed by atoms with Crippen molar-refractivity contribution in [3.05, 3.63) is 41.3 Å². The summed E-state index contributed by atoms with van der Waals surface area (Å²) in [5, 5.41) is 0.538. The lowest BCUT2D eigenvalue weighted by molar-refractivity contribution is 0.895. The van der Waals surface area contributed by atoms with Crippen molar-refractivity contribution in [3.63, 3.8) is 0 Å². The largest absolute Gasteiger partial charge is 0.367 e. The van der Waals surface area contributed by atoms with E-state index in [1.54, 1.807) is 6.20 Å². The quantitative estimate of drug-likeness (QED) is 0.653. The third kappa shape index (κ3) is 1.28. The summed E-state index contributed by atoms with van der Waals surface area (Å²) >= 11 is 6.12. The number of aromatic nitrogens is 2. The molecule has 3 rings (SSSR count). The van der Waals surface area contributed by atoms with Gasteiger partial charge in [-0.15, -0.1) is 0 Å². The van der Waals surface area contributed by atoms with Crippen molar-refractivity contribution in [2.45, 2.75) is 6.54 Å². The van der Waals surface area contributed by atoms with Gasteiger partial charge in [0.25, 0.3) is 0 Å². The van der Waals surface area contributed by atoms with E-state index >= 15 is 0 Å². The molecule has 0 bridgehead atoms. The van der Waals surface area contributed by atoms with Gasteiger partial charge in [0.05, 0.1) is 11.4 Å². The van der Waals surface area contributed by atoms with Gasteiger partial charge in [-0.3, -0.25) is 4.98 Å². The van der Waals surface area contributed by atoms with Crippen molar-refractivity contribution >= 4 is 17.3 Å². The molecule has 0 unspecified atom stereocenters. The number of anilines is 1. The summed E-state index contributed by atoms with van der Waals surface area (Å²) in [5.74, 6) is 0. The highest BCUT2D eigenvalue weighted by Crippen LogP contribution is 2.39. The fourth-order valence-corrected chi connectivity index (χ4v) is 2.43. The molecule has 0 radical (unpaired) electrons. The van der Waals surface area contributed by atoms with Crippen LogP contribution in [0.25, 0.3) is 11.3 Å². The van der Waals surface area contributed by atoms with Crippen molar-refractivity contribution in [2.75, 3.05) is 11.9 Å². The Hall–Kier alpha value is -1.61. The minimum atomic E-state index is 0.538. The zero-order valence-electron chi connectivity index (χ0n) is 8.81. The van der Waals surface area contributed by atoms with E-state index in [9.17, 15) is 0 Å². The zero-order chi connectivity index (χ0) is 11.1. The SMILES string of the molecule is CN1Cc2cccnc2-c2ccnc(Cl)c21. The van der Waals surface area contributed by atoms with Crippen molar-refractivity contribution in [3.8, 4) is 11.3 Å². The van der Waals surface area contributed by atoms with Crippen LogP contribution in [0.3, 0.4) is 0 Å². The summed E-state index contributed by atoms with van der Waals surface area (Å²) in [6.45, 7) is 0.821. The summed E-state index contributed by atoms with van der Waals surface area (Å²) in [7, 11) is 2.02. The molecule has 4 heteroatoms. The molecule has 3 nitrogen and oxygen atoms in total. The maximum absolute atomic E-state index is 6.12. The summed E-state index contributed by atoms with van der Waals surface area (Å²) in [4.78, 5) is 10.6. The third-order valence-electron chi connectivity index (χ3n) is 2.82. The van der Waals surface area contributed by atoms with Gasteiger partial charge < -0.3 is 4.90 Å². The normalized spacial score (nSPS) is 13.2. The van der Waals surface area contributed by atoms with Gasteiger partial charge in [-0.1, -0.05) is 17.7 Å². The van der Waals surface area contributed by atoms with E-state index in [4.69, 9.17) is 11.6 Å². The Balaban J connectivity index is 2.33. The van der Waals surface area contributed by atoms with Crippen molar-refractivity contribution in [1.29, 1.82) is 0 Å². The molecular formula is C12H10ClN3. The minimum Gasteiger partial charge on any atom is -0.367 e. The summed E-state index contributed by atoms with van der Waals surface area (Å²) < 4.78 is 0. The lowest BCUT2D eigenvalue weighted by Gasteiger charge is -2.28. The molecule has 0 amide bonds. The van der Waals surface area contributed by atoms with Crippen LogP contribution in [0.5, 0.6) is 0 Å². The summed E-state index contributed by atoms with van der Waals surface area (Å²) in [5.41, 5.74) is 4.26. The standard InChI is InChI=1S/C12H10ClN3/c1-16-7-8-3-2-5-14-10(8)9-4-6-15-12(13)11(9)16/h2-6H,7H2,1H3. The Morgan fingerprint density at radius 2 is 2.12 bits per heavy atom. The molecule has 80 valence electrons. The smallest absolute Gasteiger partial charge is 0.152 e. The molecule has 0 atom stereocenters. The first-order chi connectivity index (χ1) is 7.77. The maximum atomic E-state index is 6.12. The average Bonchev–Trinajstić information content (AvgIpc) is 2.29. The first-order valence-corrected chi connectivity index (χ1v) is 5.45. The maximum Gasteiger partial charge on any atom is 0.152 e. The van der Waals surface area contributed by atoms with Crippen LogP contribution < -0.4 is 4.90 Å². The van der Waals surface area contributed by atoms with E-state index in [1.165, 1.54) is 5.56 Å². The first-order valence-electron chi connectivity index (χ1n) is 5.07. The second kappa shape index (κ2) is 3.46. The molecule has 16 heavy (non-hydrogen) atoms. The molecule has 0 N–H and O–H groups in total. The number of rotatable bonds is 0. The summed E-state index contributed by atoms with van der Waals surface area (Å²) in [6.07, 6.45) is 3.53. The lowest BCUT2D eigenvalue weighted by Crippen LogP contribution is -2.22. The minimum absolute atomic E-state index is 0.538. The fourth-order valence-electron chi connectivity index (χ4n) is 2.13. The van der Waals surface area contributed by atoms with Gasteiger partial charge in [0.2, 0.25) is 0 Å². The van der Waals surface area contributed by atoms with E-state index in [-0.39, 0.29) is 0 Å². The molecular weight excluding hydrogens is 222 g/mol. The van der Waals surface area contributed by atoms with Crippen LogP contribution in [0.2, 0.25) is 5.15 Å². The number of nitrogens with zero attached hydrogens (tertiary/aromatic N) is 3. The molecule has 0 aliphatic carbocycles. The van der Waals surface area contributed by atoms with Gasteiger partial charge in [0.1, 0.15) is 0 Å². The summed E-state index contributed by atoms with van der Waals surface area (Å²) in [6, 6.07) is 6.01. The molecule has 0 aromatic carbocycles. The second-order valence-corrected chi connectivity index (χ2v) is 4.22. The highest BCUT2D eigenvalue weighted by atomic mass is 35.5. The molecule has 0 spiro atoms. The molecule has 2 aromatic heterocycles. The van der Waals surface area contributed by atoms with Gasteiger partial charge >= 0.3 is 0 Å². The Labute approximate surface area is 98.7 Å². The highest BCUT2D eigenvalue weighted by molar-refractivity contribution is 6.32. The number of hydrogen-bond acceptors (Lipinski definition) is 3. The molecule has 0 fully saturated rings. The van der Waals surface area contributed by atoms with Gasteiger partial charge in [-0.05, 0) is 17.7 Å². The molecule has 2 aromatic rings. The van der Waals surface area contributed by atoms with E-state index in [1.807, 2.05) is 25.4 Å². The van der Waals surface area contributed by atoms with Crippen LogP contribution in [0.15, 0.2) is 30.6 Å². The Morgan fingerprint density at radius 1 is 1.25 bits per heavy atom. The van der Waals surface area contributed by atoms with Crippen LogP contribution in [0.4, 0.5) is 5.69 Å². The van der Waals surface area contributed by atoms with Crippen LogP contribution >= 0.6 is 11.6 Å². The van der Waals surface area contributed by atoms with Gasteiger partial charge in [-0.2, -0.15) is 0 Å². The predicted molar refractivity (Wildman–Crippen MR) is 64.6 cm³/mol. The zero-order valence-corrected chi connectivity index (χ0v) is 9.57. The van der Waals surface area contributed by atoms with E-state index in [0.717, 1.165) is 23.5 Å². The van der Waals surface area contributed by atoms with E-state index < -0.39 is 0 Å². The number of fused-ring (bicyclic) bond motifs is 3. The van der Waals surface area contributed by atoms with E-state index in [2.05, 4.69) is 20.9 Å². The Bertz CT molecular complexity index is 554. The second-order valence-electron chi connectivity index (χ2n) is 3.87. The molecule has 1 aliphatic heterocycles.